The maximum absolute atomic E-state index is 12.4. The number of benzene rings is 1. The molecule has 0 bridgehead atoms. The van der Waals surface area contributed by atoms with E-state index in [1.807, 2.05) is 0 Å². The highest BCUT2D eigenvalue weighted by Crippen LogP contribution is 2.33. The zero-order valence-corrected chi connectivity index (χ0v) is 14.0. The summed E-state index contributed by atoms with van der Waals surface area (Å²) in [4.78, 5) is 33.9. The van der Waals surface area contributed by atoms with Crippen LogP contribution in [0.25, 0.3) is 0 Å². The third-order valence-electron chi connectivity index (χ3n) is 4.19. The fourth-order valence-electron chi connectivity index (χ4n) is 2.98. The molecule has 2 rings (SSSR count). The molecule has 1 aromatic carbocycles. The number of aliphatic carboxylic acids is 1. The van der Waals surface area contributed by atoms with Crippen molar-refractivity contribution in [1.29, 1.82) is 0 Å². The zero-order chi connectivity index (χ0) is 20.2. The molecule has 1 amide bonds. The molecule has 0 unspecified atom stereocenters. The number of halogens is 3. The van der Waals surface area contributed by atoms with Crippen LogP contribution >= 0.6 is 0 Å². The predicted octanol–water partition coefficient (Wildman–Crippen LogP) is 3.37. The number of non-ortho nitro benzene ring substituents is 1. The molecule has 1 aliphatic carbocycles. The van der Waals surface area contributed by atoms with Crippen molar-refractivity contribution in [3.8, 4) is 5.75 Å². The average Bonchev–Trinajstić information content (AvgIpc) is 2.59. The largest absolute Gasteiger partial charge is 0.484 e. The van der Waals surface area contributed by atoms with Crippen LogP contribution in [0.4, 0.5) is 24.5 Å². The van der Waals surface area contributed by atoms with Gasteiger partial charge in [-0.1, -0.05) is 12.8 Å². The number of nitrogens with zero attached hydrogens (tertiary/aromatic N) is 1. The molecule has 0 heterocycles. The molecule has 2 atom stereocenters. The van der Waals surface area contributed by atoms with Gasteiger partial charge in [-0.3, -0.25) is 19.7 Å². The van der Waals surface area contributed by atoms with Crippen LogP contribution in [0.1, 0.15) is 25.7 Å². The van der Waals surface area contributed by atoms with E-state index in [-0.39, 0.29) is 5.69 Å². The van der Waals surface area contributed by atoms with Gasteiger partial charge in [-0.25, -0.2) is 0 Å². The van der Waals surface area contributed by atoms with Crippen LogP contribution in [-0.2, 0) is 9.59 Å². The number of ether oxygens (including phenoxy) is 1. The highest BCUT2D eigenvalue weighted by atomic mass is 19.4. The zero-order valence-electron chi connectivity index (χ0n) is 14.0. The Bertz CT molecular complexity index is 737. The van der Waals surface area contributed by atoms with Gasteiger partial charge in [-0.05, 0) is 12.8 Å². The summed E-state index contributed by atoms with van der Waals surface area (Å²) in [7, 11) is 0. The molecule has 0 saturated heterocycles. The number of carboxylic acid groups (broad SMARTS) is 1. The molecule has 148 valence electrons. The molecule has 11 heteroatoms. The normalized spacial score (nSPS) is 20.0. The number of alkyl halides is 3. The Morgan fingerprint density at radius 3 is 2.41 bits per heavy atom. The summed E-state index contributed by atoms with van der Waals surface area (Å²) in [5, 5.41) is 22.6. The number of hydrogen-bond acceptors (Lipinski definition) is 5. The molecule has 1 saturated carbocycles. The minimum absolute atomic E-state index is 0.138. The first kappa shape index (κ1) is 20.5. The van der Waals surface area contributed by atoms with Crippen LogP contribution in [0.3, 0.4) is 0 Å². The number of nitrogens with one attached hydrogen (secondary N) is 1. The van der Waals surface area contributed by atoms with Crippen molar-refractivity contribution >= 4 is 23.3 Å². The van der Waals surface area contributed by atoms with E-state index in [0.717, 1.165) is 18.2 Å². The van der Waals surface area contributed by atoms with Gasteiger partial charge in [0.05, 0.1) is 28.5 Å². The Hall–Kier alpha value is -2.85. The van der Waals surface area contributed by atoms with E-state index >= 15 is 0 Å². The van der Waals surface area contributed by atoms with Gasteiger partial charge in [0.2, 0.25) is 5.91 Å². The third-order valence-corrected chi connectivity index (χ3v) is 4.19. The number of carbonyl (C=O) groups is 2. The number of carbonyl (C=O) groups excluding carboxylic acids is 1. The molecule has 27 heavy (non-hydrogen) atoms. The summed E-state index contributed by atoms with van der Waals surface area (Å²) in [5.41, 5.74) is -0.704. The SMILES string of the molecule is O=C(Nc1cc(OCC(F)(F)F)cc([N+](=O)[O-])c1)[C@H]1CCCC[C@H]1C(=O)O. The van der Waals surface area contributed by atoms with Crippen molar-refractivity contribution in [1.82, 2.24) is 0 Å². The van der Waals surface area contributed by atoms with Crippen molar-refractivity contribution < 1.29 is 37.5 Å². The van der Waals surface area contributed by atoms with Gasteiger partial charge in [0.25, 0.3) is 5.69 Å². The number of nitro benzene ring substituents is 1. The summed E-state index contributed by atoms with van der Waals surface area (Å²) < 4.78 is 41.4. The Labute approximate surface area is 151 Å². The Balaban J connectivity index is 2.20. The van der Waals surface area contributed by atoms with Gasteiger partial charge >= 0.3 is 12.1 Å². The Kier molecular flexibility index (Phi) is 6.24. The van der Waals surface area contributed by atoms with E-state index in [0.29, 0.717) is 25.7 Å². The van der Waals surface area contributed by atoms with Crippen molar-refractivity contribution in [2.24, 2.45) is 11.8 Å². The quantitative estimate of drug-likeness (QED) is 0.568. The number of anilines is 1. The van der Waals surface area contributed by atoms with Crippen LogP contribution in [0, 0.1) is 22.0 Å². The second-order valence-corrected chi connectivity index (χ2v) is 6.20. The lowest BCUT2D eigenvalue weighted by molar-refractivity contribution is -0.384. The van der Waals surface area contributed by atoms with Gasteiger partial charge in [-0.2, -0.15) is 13.2 Å². The Morgan fingerprint density at radius 1 is 1.22 bits per heavy atom. The van der Waals surface area contributed by atoms with Gasteiger partial charge in [0, 0.05) is 12.1 Å². The fraction of sp³-hybridized carbons (Fsp3) is 0.500. The number of hydrogen-bond donors (Lipinski definition) is 2. The molecular weight excluding hydrogens is 373 g/mol. The van der Waals surface area contributed by atoms with Crippen LogP contribution in [0.5, 0.6) is 5.75 Å². The van der Waals surface area contributed by atoms with Crippen molar-refractivity contribution in [2.45, 2.75) is 31.9 Å². The first-order valence-electron chi connectivity index (χ1n) is 8.09. The van der Waals surface area contributed by atoms with Crippen molar-refractivity contribution in [3.63, 3.8) is 0 Å². The molecule has 0 spiro atoms. The molecule has 1 aromatic rings. The maximum atomic E-state index is 12.4. The van der Waals surface area contributed by atoms with Crippen molar-refractivity contribution in [3.05, 3.63) is 28.3 Å². The standard InChI is InChI=1S/C16H17F3N2O6/c17-16(18,19)8-27-11-6-9(5-10(7-11)21(25)26)20-14(22)12-3-1-2-4-13(12)15(23)24/h5-7,12-13H,1-4,8H2,(H,20,22)(H,23,24)/t12-,13+/m0/s1. The topological polar surface area (TPSA) is 119 Å². The minimum Gasteiger partial charge on any atom is -0.484 e. The lowest BCUT2D eigenvalue weighted by atomic mass is 9.78. The predicted molar refractivity (Wildman–Crippen MR) is 86.4 cm³/mol. The highest BCUT2D eigenvalue weighted by Gasteiger charge is 2.36. The lowest BCUT2D eigenvalue weighted by Crippen LogP contribution is -2.36. The van der Waals surface area contributed by atoms with Gasteiger partial charge in [0.15, 0.2) is 6.61 Å². The summed E-state index contributed by atoms with van der Waals surface area (Å²) in [6, 6.07) is 2.80. The van der Waals surface area contributed by atoms with E-state index in [2.05, 4.69) is 10.1 Å². The first-order chi connectivity index (χ1) is 12.6. The van der Waals surface area contributed by atoms with Crippen LogP contribution < -0.4 is 10.1 Å². The molecule has 0 aromatic heterocycles. The van der Waals surface area contributed by atoms with Crippen LogP contribution in [0.15, 0.2) is 18.2 Å². The van der Waals surface area contributed by atoms with Gasteiger partial charge in [0.1, 0.15) is 5.75 Å². The summed E-state index contributed by atoms with van der Waals surface area (Å²) in [6.07, 6.45) is -2.62. The monoisotopic (exact) mass is 390 g/mol. The highest BCUT2D eigenvalue weighted by molar-refractivity contribution is 5.95. The van der Waals surface area contributed by atoms with Crippen LogP contribution in [0.2, 0.25) is 0 Å². The second kappa shape index (κ2) is 8.23. The second-order valence-electron chi connectivity index (χ2n) is 6.20. The van der Waals surface area contributed by atoms with E-state index in [4.69, 9.17) is 0 Å². The number of carboxylic acids is 1. The molecule has 2 N–H and O–H groups in total. The maximum Gasteiger partial charge on any atom is 0.422 e. The number of amides is 1. The van der Waals surface area contributed by atoms with E-state index < -0.39 is 52.9 Å². The third kappa shape index (κ3) is 5.83. The number of nitro groups is 1. The molecule has 0 radical (unpaired) electrons. The molecule has 1 fully saturated rings. The summed E-state index contributed by atoms with van der Waals surface area (Å²) in [5.74, 6) is -3.89. The van der Waals surface area contributed by atoms with E-state index in [1.165, 1.54) is 0 Å². The smallest absolute Gasteiger partial charge is 0.422 e. The Morgan fingerprint density at radius 2 is 1.85 bits per heavy atom. The fourth-order valence-corrected chi connectivity index (χ4v) is 2.98. The summed E-state index contributed by atoms with van der Waals surface area (Å²) >= 11 is 0. The molecule has 8 nitrogen and oxygen atoms in total. The van der Waals surface area contributed by atoms with E-state index in [1.54, 1.807) is 0 Å². The minimum atomic E-state index is -4.63. The molecule has 0 aliphatic heterocycles. The average molecular weight is 390 g/mol. The lowest BCUT2D eigenvalue weighted by Gasteiger charge is -2.27. The van der Waals surface area contributed by atoms with Crippen molar-refractivity contribution in [2.75, 3.05) is 11.9 Å². The first-order valence-corrected chi connectivity index (χ1v) is 8.09. The summed E-state index contributed by atoms with van der Waals surface area (Å²) in [6.45, 7) is -1.65. The molecule has 1 aliphatic rings. The number of rotatable bonds is 6. The molecular formula is C16H17F3N2O6. The van der Waals surface area contributed by atoms with E-state index in [9.17, 15) is 38.0 Å². The van der Waals surface area contributed by atoms with Gasteiger partial charge in [-0.15, -0.1) is 0 Å². The van der Waals surface area contributed by atoms with Gasteiger partial charge < -0.3 is 15.2 Å². The van der Waals surface area contributed by atoms with Crippen LogP contribution in [-0.4, -0.2) is 34.7 Å².